The number of nitrogens with zero attached hydrogens (tertiary/aromatic N) is 1. The van der Waals surface area contributed by atoms with Gasteiger partial charge in [-0.3, -0.25) is 4.79 Å². The molecule has 2 rings (SSSR count). The highest BCUT2D eigenvalue weighted by Gasteiger charge is 2.27. The minimum Gasteiger partial charge on any atom is -0.379 e. The van der Waals surface area contributed by atoms with Crippen LogP contribution >= 0.6 is 0 Å². The van der Waals surface area contributed by atoms with Gasteiger partial charge in [-0.1, -0.05) is 38.0 Å². The summed E-state index contributed by atoms with van der Waals surface area (Å²) in [6.07, 6.45) is 3.85. The SMILES string of the molecule is CCCCOCCOCCOCCCN1Cc2cc(C)ccc2N[C@@H](CC)C1=O. The summed E-state index contributed by atoms with van der Waals surface area (Å²) in [5.41, 5.74) is 3.47. The van der Waals surface area contributed by atoms with Crippen molar-refractivity contribution in [3.05, 3.63) is 29.3 Å². The van der Waals surface area contributed by atoms with Crippen LogP contribution in [0.1, 0.15) is 50.7 Å². The van der Waals surface area contributed by atoms with Gasteiger partial charge in [0.15, 0.2) is 0 Å². The monoisotopic (exact) mass is 406 g/mol. The average Bonchev–Trinajstić information content (AvgIpc) is 2.85. The van der Waals surface area contributed by atoms with Crippen LogP contribution in [0.3, 0.4) is 0 Å². The van der Waals surface area contributed by atoms with Crippen LogP contribution in [0.4, 0.5) is 5.69 Å². The number of hydrogen-bond acceptors (Lipinski definition) is 5. The fourth-order valence-corrected chi connectivity index (χ4v) is 3.36. The summed E-state index contributed by atoms with van der Waals surface area (Å²) < 4.78 is 16.6. The predicted molar refractivity (Wildman–Crippen MR) is 116 cm³/mol. The number of nitrogens with one attached hydrogen (secondary N) is 1. The van der Waals surface area contributed by atoms with Crippen molar-refractivity contribution in [2.24, 2.45) is 0 Å². The molecule has 1 aromatic carbocycles. The second kappa shape index (κ2) is 13.6. The van der Waals surface area contributed by atoms with Crippen LogP contribution in [0.15, 0.2) is 18.2 Å². The van der Waals surface area contributed by atoms with Crippen molar-refractivity contribution in [2.45, 2.75) is 59.0 Å². The van der Waals surface area contributed by atoms with E-state index in [0.717, 1.165) is 38.0 Å². The maximum Gasteiger partial charge on any atom is 0.245 e. The first kappa shape index (κ1) is 23.6. The van der Waals surface area contributed by atoms with Crippen LogP contribution in [0.25, 0.3) is 0 Å². The number of rotatable bonds is 14. The molecule has 1 aliphatic rings. The van der Waals surface area contributed by atoms with Crippen LogP contribution in [-0.4, -0.2) is 63.0 Å². The molecule has 6 heteroatoms. The molecule has 1 aliphatic heterocycles. The van der Waals surface area contributed by atoms with Gasteiger partial charge in [-0.2, -0.15) is 0 Å². The topological polar surface area (TPSA) is 60.0 Å². The lowest BCUT2D eigenvalue weighted by Crippen LogP contribution is -2.40. The number of carbonyl (C=O) groups is 1. The maximum absolute atomic E-state index is 12.9. The minimum atomic E-state index is -0.159. The summed E-state index contributed by atoms with van der Waals surface area (Å²) in [5.74, 6) is 0.174. The zero-order valence-electron chi connectivity index (χ0n) is 18.4. The number of benzene rings is 1. The Bertz CT molecular complexity index is 609. The van der Waals surface area contributed by atoms with Gasteiger partial charge in [0.25, 0.3) is 0 Å². The van der Waals surface area contributed by atoms with Gasteiger partial charge in [0.2, 0.25) is 5.91 Å². The number of carbonyl (C=O) groups excluding carboxylic acids is 1. The molecule has 164 valence electrons. The molecule has 1 atom stereocenters. The van der Waals surface area contributed by atoms with E-state index in [2.05, 4.69) is 37.4 Å². The van der Waals surface area contributed by atoms with Crippen LogP contribution in [0.2, 0.25) is 0 Å². The molecule has 1 heterocycles. The Morgan fingerprint density at radius 1 is 1.00 bits per heavy atom. The lowest BCUT2D eigenvalue weighted by molar-refractivity contribution is -0.132. The first-order valence-corrected chi connectivity index (χ1v) is 11.0. The summed E-state index contributed by atoms with van der Waals surface area (Å²) >= 11 is 0. The van der Waals surface area contributed by atoms with Gasteiger partial charge in [-0.05, 0) is 37.8 Å². The van der Waals surface area contributed by atoms with Gasteiger partial charge in [0, 0.05) is 32.0 Å². The van der Waals surface area contributed by atoms with E-state index in [1.807, 2.05) is 11.8 Å². The Morgan fingerprint density at radius 2 is 1.66 bits per heavy atom. The van der Waals surface area contributed by atoms with E-state index in [1.165, 1.54) is 11.1 Å². The molecular weight excluding hydrogens is 368 g/mol. The van der Waals surface area contributed by atoms with E-state index in [1.54, 1.807) is 0 Å². The van der Waals surface area contributed by atoms with E-state index >= 15 is 0 Å². The van der Waals surface area contributed by atoms with Crippen LogP contribution < -0.4 is 5.32 Å². The molecule has 6 nitrogen and oxygen atoms in total. The predicted octanol–water partition coefficient (Wildman–Crippen LogP) is 3.77. The van der Waals surface area contributed by atoms with Gasteiger partial charge < -0.3 is 24.4 Å². The molecule has 1 amide bonds. The van der Waals surface area contributed by atoms with Crippen molar-refractivity contribution < 1.29 is 19.0 Å². The summed E-state index contributed by atoms with van der Waals surface area (Å²) in [7, 11) is 0. The summed E-state index contributed by atoms with van der Waals surface area (Å²) in [6, 6.07) is 6.18. The fourth-order valence-electron chi connectivity index (χ4n) is 3.36. The number of hydrogen-bond donors (Lipinski definition) is 1. The van der Waals surface area contributed by atoms with Crippen molar-refractivity contribution in [1.82, 2.24) is 4.90 Å². The normalized spacial score (nSPS) is 16.4. The summed E-state index contributed by atoms with van der Waals surface area (Å²) in [4.78, 5) is 14.8. The Hall–Kier alpha value is -1.63. The third-order valence-electron chi connectivity index (χ3n) is 5.07. The molecule has 1 N–H and O–H groups in total. The Labute approximate surface area is 175 Å². The smallest absolute Gasteiger partial charge is 0.245 e. The lowest BCUT2D eigenvalue weighted by Gasteiger charge is -2.24. The van der Waals surface area contributed by atoms with E-state index in [9.17, 15) is 4.79 Å². The molecule has 0 saturated heterocycles. The van der Waals surface area contributed by atoms with Crippen molar-refractivity contribution in [2.75, 3.05) is 51.5 Å². The van der Waals surface area contributed by atoms with Crippen LogP contribution in [0.5, 0.6) is 0 Å². The van der Waals surface area contributed by atoms with Gasteiger partial charge in [-0.15, -0.1) is 0 Å². The number of anilines is 1. The summed E-state index contributed by atoms with van der Waals surface area (Å²) in [6.45, 7) is 11.5. The molecule has 29 heavy (non-hydrogen) atoms. The van der Waals surface area contributed by atoms with Crippen molar-refractivity contribution in [3.8, 4) is 0 Å². The zero-order chi connectivity index (χ0) is 20.9. The molecule has 0 spiro atoms. The Kier molecular flexibility index (Phi) is 11.1. The summed E-state index contributed by atoms with van der Waals surface area (Å²) in [5, 5.41) is 3.41. The highest BCUT2D eigenvalue weighted by atomic mass is 16.5. The largest absolute Gasteiger partial charge is 0.379 e. The first-order valence-electron chi connectivity index (χ1n) is 11.0. The molecule has 0 aromatic heterocycles. The third-order valence-corrected chi connectivity index (χ3v) is 5.07. The van der Waals surface area contributed by atoms with Gasteiger partial charge in [0.05, 0.1) is 26.4 Å². The molecule has 1 aromatic rings. The van der Waals surface area contributed by atoms with Crippen molar-refractivity contribution in [1.29, 1.82) is 0 Å². The fraction of sp³-hybridized carbons (Fsp3) is 0.696. The van der Waals surface area contributed by atoms with Gasteiger partial charge >= 0.3 is 0 Å². The quantitative estimate of drug-likeness (QED) is 0.477. The molecule has 0 aliphatic carbocycles. The lowest BCUT2D eigenvalue weighted by atomic mass is 10.1. The Morgan fingerprint density at radius 3 is 2.31 bits per heavy atom. The standard InChI is InChI=1S/C23H38N2O4/c1-4-6-11-27-13-15-29-16-14-28-12-7-10-25-18-20-17-19(3)8-9-22(20)24-21(5-2)23(25)26/h8-9,17,21,24H,4-7,10-16,18H2,1-3H3/t21-/m0/s1. The number of unbranched alkanes of at least 4 members (excludes halogenated alkanes) is 1. The minimum absolute atomic E-state index is 0.159. The molecule has 0 unspecified atom stereocenters. The second-order valence-corrected chi connectivity index (χ2v) is 7.57. The molecule has 0 saturated carbocycles. The second-order valence-electron chi connectivity index (χ2n) is 7.57. The van der Waals surface area contributed by atoms with Crippen molar-refractivity contribution >= 4 is 11.6 Å². The third kappa shape index (κ3) is 8.33. The van der Waals surface area contributed by atoms with E-state index < -0.39 is 0 Å². The number of ether oxygens (including phenoxy) is 3. The highest BCUT2D eigenvalue weighted by Crippen LogP contribution is 2.25. The van der Waals surface area contributed by atoms with Gasteiger partial charge in [0.1, 0.15) is 6.04 Å². The van der Waals surface area contributed by atoms with Gasteiger partial charge in [-0.25, -0.2) is 0 Å². The van der Waals surface area contributed by atoms with E-state index in [-0.39, 0.29) is 11.9 Å². The molecule has 0 bridgehead atoms. The molecule has 0 fully saturated rings. The molecule has 0 radical (unpaired) electrons. The van der Waals surface area contributed by atoms with E-state index in [0.29, 0.717) is 46.1 Å². The zero-order valence-corrected chi connectivity index (χ0v) is 18.4. The Balaban J connectivity index is 1.64. The average molecular weight is 407 g/mol. The van der Waals surface area contributed by atoms with Crippen molar-refractivity contribution in [3.63, 3.8) is 0 Å². The number of fused-ring (bicyclic) bond motifs is 1. The van der Waals surface area contributed by atoms with E-state index in [4.69, 9.17) is 14.2 Å². The number of aryl methyl sites for hydroxylation is 1. The maximum atomic E-state index is 12.9. The van der Waals surface area contributed by atoms with Crippen LogP contribution in [0, 0.1) is 6.92 Å². The first-order chi connectivity index (χ1) is 14.2. The van der Waals surface area contributed by atoms with Crippen LogP contribution in [-0.2, 0) is 25.5 Å². The number of amides is 1. The highest BCUT2D eigenvalue weighted by molar-refractivity contribution is 5.86. The molecular formula is C23H38N2O4.